The van der Waals surface area contributed by atoms with Gasteiger partial charge in [-0.15, -0.1) is 0 Å². The second-order valence-electron chi connectivity index (χ2n) is 4.12. The molecule has 0 unspecified atom stereocenters. The van der Waals surface area contributed by atoms with Gasteiger partial charge in [-0.25, -0.2) is 9.37 Å². The standard InChI is InChI=1S/C14H11FN2O/c15-13-4-2-1-3-10(13)7-14-16-8-11-5-6-12(18)9-17(11)14/h1-6,8-9,18H,7H2. The maximum Gasteiger partial charge on any atom is 0.132 e. The van der Waals surface area contributed by atoms with E-state index in [9.17, 15) is 9.50 Å². The van der Waals surface area contributed by atoms with E-state index in [0.29, 0.717) is 17.8 Å². The van der Waals surface area contributed by atoms with E-state index < -0.39 is 0 Å². The van der Waals surface area contributed by atoms with E-state index in [-0.39, 0.29) is 11.6 Å². The maximum atomic E-state index is 13.6. The van der Waals surface area contributed by atoms with Gasteiger partial charge in [-0.2, -0.15) is 0 Å². The van der Waals surface area contributed by atoms with Crippen molar-refractivity contribution in [1.82, 2.24) is 9.38 Å². The number of halogens is 1. The predicted molar refractivity (Wildman–Crippen MR) is 66.1 cm³/mol. The predicted octanol–water partition coefficient (Wildman–Crippen LogP) is 2.77. The molecule has 4 heteroatoms. The molecule has 0 atom stereocenters. The molecule has 0 bridgehead atoms. The highest BCUT2D eigenvalue weighted by Gasteiger charge is 2.08. The highest BCUT2D eigenvalue weighted by molar-refractivity contribution is 5.48. The second-order valence-corrected chi connectivity index (χ2v) is 4.12. The summed E-state index contributed by atoms with van der Waals surface area (Å²) in [5.74, 6) is 0.621. The number of rotatable bonds is 2. The molecule has 1 N–H and O–H groups in total. The number of hydrogen-bond acceptors (Lipinski definition) is 2. The van der Waals surface area contributed by atoms with E-state index in [1.54, 1.807) is 47.1 Å². The molecular formula is C14H11FN2O. The Labute approximate surface area is 103 Å². The van der Waals surface area contributed by atoms with Crippen molar-refractivity contribution in [1.29, 1.82) is 0 Å². The lowest BCUT2D eigenvalue weighted by atomic mass is 10.1. The fourth-order valence-electron chi connectivity index (χ4n) is 1.98. The highest BCUT2D eigenvalue weighted by atomic mass is 19.1. The number of imidazole rings is 1. The summed E-state index contributed by atoms with van der Waals surface area (Å²) in [4.78, 5) is 4.26. The first-order chi connectivity index (χ1) is 8.74. The summed E-state index contributed by atoms with van der Waals surface area (Å²) >= 11 is 0. The zero-order chi connectivity index (χ0) is 12.5. The van der Waals surface area contributed by atoms with Gasteiger partial charge in [0, 0.05) is 6.42 Å². The Balaban J connectivity index is 2.05. The van der Waals surface area contributed by atoms with E-state index in [0.717, 1.165) is 5.52 Å². The van der Waals surface area contributed by atoms with Crippen molar-refractivity contribution in [2.24, 2.45) is 0 Å². The Bertz CT molecular complexity index is 706. The number of aromatic nitrogens is 2. The molecule has 18 heavy (non-hydrogen) atoms. The molecule has 0 aliphatic heterocycles. The van der Waals surface area contributed by atoms with Gasteiger partial charge in [0.15, 0.2) is 0 Å². The van der Waals surface area contributed by atoms with Gasteiger partial charge in [-0.1, -0.05) is 18.2 Å². The number of fused-ring (bicyclic) bond motifs is 1. The first-order valence-corrected chi connectivity index (χ1v) is 5.62. The molecule has 0 amide bonds. The molecule has 3 aromatic rings. The van der Waals surface area contributed by atoms with Crippen LogP contribution in [0.3, 0.4) is 0 Å². The lowest BCUT2D eigenvalue weighted by Crippen LogP contribution is -1.98. The van der Waals surface area contributed by atoms with Crippen LogP contribution in [0.1, 0.15) is 11.4 Å². The average molecular weight is 242 g/mol. The normalized spacial score (nSPS) is 10.9. The van der Waals surface area contributed by atoms with Gasteiger partial charge >= 0.3 is 0 Å². The molecule has 2 aromatic heterocycles. The minimum atomic E-state index is -0.241. The van der Waals surface area contributed by atoms with Crippen molar-refractivity contribution in [2.75, 3.05) is 0 Å². The molecule has 0 spiro atoms. The summed E-state index contributed by atoms with van der Waals surface area (Å²) in [7, 11) is 0. The topological polar surface area (TPSA) is 37.5 Å². The van der Waals surface area contributed by atoms with Crippen molar-refractivity contribution >= 4 is 5.52 Å². The molecule has 0 aliphatic carbocycles. The average Bonchev–Trinajstić information content (AvgIpc) is 2.75. The number of benzene rings is 1. The monoisotopic (exact) mass is 242 g/mol. The maximum absolute atomic E-state index is 13.6. The first-order valence-electron chi connectivity index (χ1n) is 5.62. The summed E-state index contributed by atoms with van der Waals surface area (Å²) < 4.78 is 15.3. The van der Waals surface area contributed by atoms with Crippen molar-refractivity contribution < 1.29 is 9.50 Å². The number of nitrogens with zero attached hydrogens (tertiary/aromatic N) is 2. The van der Waals surface area contributed by atoms with Crippen molar-refractivity contribution in [3.8, 4) is 5.75 Å². The van der Waals surface area contributed by atoms with E-state index in [4.69, 9.17) is 0 Å². The van der Waals surface area contributed by atoms with Crippen LogP contribution in [0, 0.1) is 5.82 Å². The molecule has 0 fully saturated rings. The van der Waals surface area contributed by atoms with Crippen molar-refractivity contribution in [3.05, 3.63) is 66.0 Å². The quantitative estimate of drug-likeness (QED) is 0.750. The molecule has 0 radical (unpaired) electrons. The van der Waals surface area contributed by atoms with E-state index in [1.807, 2.05) is 0 Å². The van der Waals surface area contributed by atoms with Crippen LogP contribution < -0.4 is 0 Å². The van der Waals surface area contributed by atoms with Gasteiger partial charge in [0.05, 0.1) is 17.9 Å². The minimum absolute atomic E-state index is 0.162. The van der Waals surface area contributed by atoms with Crippen molar-refractivity contribution in [3.63, 3.8) is 0 Å². The van der Waals surface area contributed by atoms with Crippen LogP contribution in [-0.4, -0.2) is 14.5 Å². The van der Waals surface area contributed by atoms with Crippen LogP contribution in [0.25, 0.3) is 5.52 Å². The SMILES string of the molecule is Oc1ccc2cnc(Cc3ccccc3F)n2c1. The highest BCUT2D eigenvalue weighted by Crippen LogP contribution is 2.17. The van der Waals surface area contributed by atoms with Gasteiger partial charge in [-0.3, -0.25) is 4.40 Å². The summed E-state index contributed by atoms with van der Waals surface area (Å²) in [5.41, 5.74) is 1.47. The molecule has 0 aliphatic rings. The fraction of sp³-hybridized carbons (Fsp3) is 0.0714. The third-order valence-electron chi connectivity index (χ3n) is 2.89. The Kier molecular flexibility index (Phi) is 2.48. The minimum Gasteiger partial charge on any atom is -0.506 e. The summed E-state index contributed by atoms with van der Waals surface area (Å²) in [5, 5.41) is 9.47. The Morgan fingerprint density at radius 2 is 2.00 bits per heavy atom. The van der Waals surface area contributed by atoms with Gasteiger partial charge in [0.2, 0.25) is 0 Å². The molecule has 90 valence electrons. The first kappa shape index (κ1) is 10.8. The van der Waals surface area contributed by atoms with Crippen LogP contribution in [-0.2, 0) is 6.42 Å². The van der Waals surface area contributed by atoms with Gasteiger partial charge in [-0.05, 0) is 23.8 Å². The van der Waals surface area contributed by atoms with Gasteiger partial charge < -0.3 is 5.11 Å². The number of hydrogen-bond donors (Lipinski definition) is 1. The third-order valence-corrected chi connectivity index (χ3v) is 2.89. The van der Waals surface area contributed by atoms with E-state index in [2.05, 4.69) is 4.98 Å². The Hall–Kier alpha value is -2.36. The van der Waals surface area contributed by atoms with Crippen LogP contribution >= 0.6 is 0 Å². The second kappa shape index (κ2) is 4.14. The molecule has 3 rings (SSSR count). The Morgan fingerprint density at radius 3 is 2.83 bits per heavy atom. The molecule has 1 aromatic carbocycles. The lowest BCUT2D eigenvalue weighted by molar-refractivity contribution is 0.471. The number of aromatic hydroxyl groups is 1. The van der Waals surface area contributed by atoms with Crippen LogP contribution in [0.15, 0.2) is 48.8 Å². The van der Waals surface area contributed by atoms with Gasteiger partial charge in [0.1, 0.15) is 17.4 Å². The van der Waals surface area contributed by atoms with E-state index in [1.165, 1.54) is 6.07 Å². The summed E-state index contributed by atoms with van der Waals surface area (Å²) in [6.45, 7) is 0. The fourth-order valence-corrected chi connectivity index (χ4v) is 1.98. The summed E-state index contributed by atoms with van der Waals surface area (Å²) in [6, 6.07) is 10.00. The zero-order valence-electron chi connectivity index (χ0n) is 9.55. The third kappa shape index (κ3) is 1.82. The molecule has 0 saturated carbocycles. The largest absolute Gasteiger partial charge is 0.506 e. The summed E-state index contributed by atoms with van der Waals surface area (Å²) in [6.07, 6.45) is 3.68. The van der Waals surface area contributed by atoms with E-state index >= 15 is 0 Å². The smallest absolute Gasteiger partial charge is 0.132 e. The van der Waals surface area contributed by atoms with Crippen LogP contribution in [0.5, 0.6) is 5.75 Å². The van der Waals surface area contributed by atoms with Crippen molar-refractivity contribution in [2.45, 2.75) is 6.42 Å². The molecule has 2 heterocycles. The molecule has 0 saturated heterocycles. The molecular weight excluding hydrogens is 231 g/mol. The van der Waals surface area contributed by atoms with Crippen LogP contribution in [0.4, 0.5) is 4.39 Å². The number of pyridine rings is 1. The molecule has 3 nitrogen and oxygen atoms in total. The van der Waals surface area contributed by atoms with Crippen LogP contribution in [0.2, 0.25) is 0 Å². The lowest BCUT2D eigenvalue weighted by Gasteiger charge is -2.03. The zero-order valence-corrected chi connectivity index (χ0v) is 9.55. The Morgan fingerprint density at radius 1 is 1.17 bits per heavy atom. The van der Waals surface area contributed by atoms with Gasteiger partial charge in [0.25, 0.3) is 0 Å².